The number of carbonyl (C=O) groups excluding carboxylic acids is 2. The molecule has 0 N–H and O–H groups in total. The highest BCUT2D eigenvalue weighted by atomic mass is 79.9. The van der Waals surface area contributed by atoms with Gasteiger partial charge in [0.15, 0.2) is 0 Å². The van der Waals surface area contributed by atoms with E-state index in [0.717, 1.165) is 15.2 Å². The summed E-state index contributed by atoms with van der Waals surface area (Å²) in [6.45, 7) is 1.94. The Kier molecular flexibility index (Phi) is 3.34. The standard InChI is InChI=1S/C16H14BrNO2/c1-10-8-15(19)18(16(20)9-10)14-7-6-13(17)11-4-2-3-5-12(11)14/h2-7,10H,8-9H2,1H3. The minimum Gasteiger partial charge on any atom is -0.274 e. The Morgan fingerprint density at radius 3 is 2.25 bits per heavy atom. The summed E-state index contributed by atoms with van der Waals surface area (Å²) in [5, 5.41) is 1.92. The molecule has 0 radical (unpaired) electrons. The zero-order valence-corrected chi connectivity index (χ0v) is 12.7. The molecule has 1 aliphatic rings. The Morgan fingerprint density at radius 1 is 1.00 bits per heavy atom. The largest absolute Gasteiger partial charge is 0.274 e. The number of halogens is 1. The average Bonchev–Trinajstić information content (AvgIpc) is 2.40. The number of benzene rings is 2. The number of anilines is 1. The molecule has 0 saturated carbocycles. The minimum atomic E-state index is -0.110. The Morgan fingerprint density at radius 2 is 1.60 bits per heavy atom. The predicted octanol–water partition coefficient (Wildman–Crippen LogP) is 3.89. The first-order valence-electron chi connectivity index (χ1n) is 6.61. The van der Waals surface area contributed by atoms with Crippen molar-refractivity contribution in [1.82, 2.24) is 0 Å². The fourth-order valence-electron chi connectivity index (χ4n) is 2.70. The fraction of sp³-hybridized carbons (Fsp3) is 0.250. The molecule has 1 saturated heterocycles. The van der Waals surface area contributed by atoms with Crippen LogP contribution in [0.3, 0.4) is 0 Å². The summed E-state index contributed by atoms with van der Waals surface area (Å²) in [5.74, 6) is -0.0876. The lowest BCUT2D eigenvalue weighted by Gasteiger charge is -2.29. The van der Waals surface area contributed by atoms with Crippen LogP contribution < -0.4 is 4.90 Å². The van der Waals surface area contributed by atoms with E-state index in [0.29, 0.717) is 18.5 Å². The zero-order chi connectivity index (χ0) is 14.3. The summed E-state index contributed by atoms with van der Waals surface area (Å²) in [7, 11) is 0. The summed E-state index contributed by atoms with van der Waals surface area (Å²) in [4.78, 5) is 25.8. The van der Waals surface area contributed by atoms with E-state index in [2.05, 4.69) is 15.9 Å². The molecule has 0 unspecified atom stereocenters. The van der Waals surface area contributed by atoms with Gasteiger partial charge in [0.25, 0.3) is 0 Å². The number of hydrogen-bond acceptors (Lipinski definition) is 2. The lowest BCUT2D eigenvalue weighted by molar-refractivity contribution is -0.130. The maximum atomic E-state index is 12.2. The molecule has 102 valence electrons. The summed E-state index contributed by atoms with van der Waals surface area (Å²) in [5.41, 5.74) is 0.686. The van der Waals surface area contributed by atoms with Crippen LogP contribution >= 0.6 is 15.9 Å². The molecule has 20 heavy (non-hydrogen) atoms. The molecule has 1 heterocycles. The molecule has 3 rings (SSSR count). The van der Waals surface area contributed by atoms with E-state index < -0.39 is 0 Å². The van der Waals surface area contributed by atoms with Crippen molar-refractivity contribution in [2.45, 2.75) is 19.8 Å². The molecule has 0 aromatic heterocycles. The average molecular weight is 332 g/mol. The van der Waals surface area contributed by atoms with Crippen molar-refractivity contribution in [3.8, 4) is 0 Å². The van der Waals surface area contributed by atoms with Crippen LogP contribution in [-0.4, -0.2) is 11.8 Å². The maximum Gasteiger partial charge on any atom is 0.234 e. The van der Waals surface area contributed by atoms with Crippen LogP contribution in [0.1, 0.15) is 19.8 Å². The van der Waals surface area contributed by atoms with Gasteiger partial charge in [-0.15, -0.1) is 0 Å². The number of carbonyl (C=O) groups is 2. The van der Waals surface area contributed by atoms with Crippen LogP contribution in [0.4, 0.5) is 5.69 Å². The molecule has 2 amide bonds. The third-order valence-electron chi connectivity index (χ3n) is 3.63. The van der Waals surface area contributed by atoms with E-state index in [4.69, 9.17) is 0 Å². The van der Waals surface area contributed by atoms with E-state index in [9.17, 15) is 9.59 Å². The minimum absolute atomic E-state index is 0.110. The van der Waals surface area contributed by atoms with Crippen LogP contribution in [0.2, 0.25) is 0 Å². The van der Waals surface area contributed by atoms with E-state index in [1.807, 2.05) is 43.3 Å². The lowest BCUT2D eigenvalue weighted by Crippen LogP contribution is -2.43. The molecule has 0 atom stereocenters. The van der Waals surface area contributed by atoms with Crippen molar-refractivity contribution in [3.05, 3.63) is 40.9 Å². The van der Waals surface area contributed by atoms with Gasteiger partial charge in [0, 0.05) is 22.7 Å². The molecular weight excluding hydrogens is 318 g/mol. The molecular formula is C16H14BrNO2. The second kappa shape index (κ2) is 5.02. The maximum absolute atomic E-state index is 12.2. The highest BCUT2D eigenvalue weighted by molar-refractivity contribution is 9.10. The highest BCUT2D eigenvalue weighted by Crippen LogP contribution is 2.34. The van der Waals surface area contributed by atoms with E-state index in [-0.39, 0.29) is 17.7 Å². The SMILES string of the molecule is CC1CC(=O)N(c2ccc(Br)c3ccccc23)C(=O)C1. The van der Waals surface area contributed by atoms with Gasteiger partial charge in [-0.05, 0) is 23.4 Å². The van der Waals surface area contributed by atoms with Crippen LogP contribution in [-0.2, 0) is 9.59 Å². The van der Waals surface area contributed by atoms with Crippen molar-refractivity contribution < 1.29 is 9.59 Å². The van der Waals surface area contributed by atoms with Gasteiger partial charge in [0.1, 0.15) is 0 Å². The molecule has 3 nitrogen and oxygen atoms in total. The molecule has 1 fully saturated rings. The zero-order valence-electron chi connectivity index (χ0n) is 11.1. The van der Waals surface area contributed by atoms with E-state index in [1.54, 1.807) is 0 Å². The van der Waals surface area contributed by atoms with Crippen LogP contribution in [0, 0.1) is 5.92 Å². The van der Waals surface area contributed by atoms with Crippen LogP contribution in [0.25, 0.3) is 10.8 Å². The summed E-state index contributed by atoms with van der Waals surface area (Å²) < 4.78 is 0.960. The lowest BCUT2D eigenvalue weighted by atomic mass is 9.96. The van der Waals surface area contributed by atoms with Gasteiger partial charge in [-0.25, -0.2) is 4.90 Å². The molecule has 4 heteroatoms. The second-order valence-electron chi connectivity index (χ2n) is 5.25. The number of rotatable bonds is 1. The first-order valence-corrected chi connectivity index (χ1v) is 7.40. The number of fused-ring (bicyclic) bond motifs is 1. The van der Waals surface area contributed by atoms with Crippen molar-refractivity contribution in [2.75, 3.05) is 4.90 Å². The van der Waals surface area contributed by atoms with Crippen molar-refractivity contribution >= 4 is 44.2 Å². The summed E-state index contributed by atoms with van der Waals surface area (Å²) >= 11 is 3.51. The number of hydrogen-bond donors (Lipinski definition) is 0. The summed E-state index contributed by atoms with van der Waals surface area (Å²) in [6, 6.07) is 11.5. The van der Waals surface area contributed by atoms with E-state index in [1.165, 1.54) is 4.90 Å². The molecule has 1 aliphatic heterocycles. The van der Waals surface area contributed by atoms with Gasteiger partial charge in [0.2, 0.25) is 11.8 Å². The topological polar surface area (TPSA) is 37.4 Å². The Labute approximate surface area is 125 Å². The van der Waals surface area contributed by atoms with Crippen LogP contribution in [0.15, 0.2) is 40.9 Å². The van der Waals surface area contributed by atoms with Crippen molar-refractivity contribution in [1.29, 1.82) is 0 Å². The third kappa shape index (κ3) is 2.14. The second-order valence-corrected chi connectivity index (χ2v) is 6.10. The van der Waals surface area contributed by atoms with Gasteiger partial charge in [0.05, 0.1) is 5.69 Å². The molecule has 2 aromatic carbocycles. The van der Waals surface area contributed by atoms with Crippen molar-refractivity contribution in [3.63, 3.8) is 0 Å². The Hall–Kier alpha value is -1.68. The van der Waals surface area contributed by atoms with Gasteiger partial charge < -0.3 is 0 Å². The number of nitrogens with zero attached hydrogens (tertiary/aromatic N) is 1. The number of amides is 2. The predicted molar refractivity (Wildman–Crippen MR) is 82.5 cm³/mol. The first kappa shape index (κ1) is 13.3. The number of imide groups is 1. The van der Waals surface area contributed by atoms with Gasteiger partial charge in [-0.2, -0.15) is 0 Å². The van der Waals surface area contributed by atoms with Gasteiger partial charge in [-0.1, -0.05) is 47.1 Å². The molecule has 0 aliphatic carbocycles. The summed E-state index contributed by atoms with van der Waals surface area (Å²) in [6.07, 6.45) is 0.853. The van der Waals surface area contributed by atoms with E-state index >= 15 is 0 Å². The quantitative estimate of drug-likeness (QED) is 0.743. The highest BCUT2D eigenvalue weighted by Gasteiger charge is 2.32. The molecule has 0 spiro atoms. The Bertz CT molecular complexity index is 693. The van der Waals surface area contributed by atoms with Crippen LogP contribution in [0.5, 0.6) is 0 Å². The first-order chi connectivity index (χ1) is 9.58. The smallest absolute Gasteiger partial charge is 0.234 e. The monoisotopic (exact) mass is 331 g/mol. The fourth-order valence-corrected chi connectivity index (χ4v) is 3.18. The number of piperidine rings is 1. The molecule has 2 aromatic rings. The molecule has 0 bridgehead atoms. The Balaban J connectivity index is 2.17. The van der Waals surface area contributed by atoms with Crippen molar-refractivity contribution in [2.24, 2.45) is 5.92 Å². The van der Waals surface area contributed by atoms with Gasteiger partial charge >= 0.3 is 0 Å². The third-order valence-corrected chi connectivity index (χ3v) is 4.33. The van der Waals surface area contributed by atoms with Gasteiger partial charge in [-0.3, -0.25) is 9.59 Å². The normalized spacial score (nSPS) is 17.0.